The topological polar surface area (TPSA) is 57.0 Å². The first-order chi connectivity index (χ1) is 21.3. The smallest absolute Gasteiger partial charge is 0.236 e. The number of hydrogen-bond acceptors (Lipinski definition) is 4. The molecule has 0 fully saturated rings. The lowest BCUT2D eigenvalue weighted by Crippen LogP contribution is -2.02. The molecule has 0 aliphatic carbocycles. The van der Waals surface area contributed by atoms with Gasteiger partial charge in [0.1, 0.15) is 28.0 Å². The van der Waals surface area contributed by atoms with Crippen molar-refractivity contribution in [3.63, 3.8) is 0 Å². The van der Waals surface area contributed by atoms with Crippen molar-refractivity contribution < 1.29 is 8.83 Å². The number of nitrogens with zero attached hydrogens (tertiary/aromatic N) is 3. The Morgan fingerprint density at radius 1 is 0.465 bits per heavy atom. The highest BCUT2D eigenvalue weighted by molar-refractivity contribution is 6.24. The van der Waals surface area contributed by atoms with E-state index in [0.717, 1.165) is 82.3 Å². The summed E-state index contributed by atoms with van der Waals surface area (Å²) in [5, 5.41) is 7.50. The molecule has 0 atom stereocenters. The van der Waals surface area contributed by atoms with E-state index in [1.807, 2.05) is 42.5 Å². The zero-order valence-electron chi connectivity index (χ0n) is 22.8. The number of furan rings is 2. The van der Waals surface area contributed by atoms with E-state index >= 15 is 0 Å². The van der Waals surface area contributed by atoms with Crippen LogP contribution in [0.2, 0.25) is 0 Å². The van der Waals surface area contributed by atoms with Crippen molar-refractivity contribution in [3.8, 4) is 17.2 Å². The third-order valence-corrected chi connectivity index (χ3v) is 8.62. The average molecular weight is 552 g/mol. The van der Waals surface area contributed by atoms with Crippen molar-refractivity contribution in [2.24, 2.45) is 0 Å². The summed E-state index contributed by atoms with van der Waals surface area (Å²) in [5.74, 6) is 0.587. The molecule has 0 bridgehead atoms. The van der Waals surface area contributed by atoms with E-state index in [0.29, 0.717) is 11.5 Å². The van der Waals surface area contributed by atoms with Crippen LogP contribution in [0.1, 0.15) is 0 Å². The summed E-state index contributed by atoms with van der Waals surface area (Å²) in [6.07, 6.45) is 0. The third-order valence-electron chi connectivity index (χ3n) is 8.62. The number of para-hydroxylation sites is 2. The van der Waals surface area contributed by atoms with E-state index in [9.17, 15) is 0 Å². The summed E-state index contributed by atoms with van der Waals surface area (Å²) >= 11 is 0. The van der Waals surface area contributed by atoms with Crippen LogP contribution in [0.5, 0.6) is 0 Å². The standard InChI is InChI=1S/C38H21N3O2/c1-2-11-23(12-3-1)33-37-34(28-19-18-22-10-4-5-13-24(22)35(28)43-37)40-38(39-33)41-29-16-8-6-15-27(29)32-30(41)21-20-26-25-14-7-9-17-31(25)42-36(26)32/h1-21H. The molecule has 0 unspecified atom stereocenters. The second-order valence-corrected chi connectivity index (χ2v) is 11.0. The molecule has 0 saturated carbocycles. The Hall–Kier alpha value is -5.94. The van der Waals surface area contributed by atoms with Gasteiger partial charge in [-0.1, -0.05) is 97.1 Å². The first-order valence-electron chi connectivity index (χ1n) is 14.3. The molecule has 0 radical (unpaired) electrons. The quantitative estimate of drug-likeness (QED) is 0.214. The van der Waals surface area contributed by atoms with Gasteiger partial charge in [0, 0.05) is 32.5 Å². The van der Waals surface area contributed by atoms with Crippen molar-refractivity contribution in [2.45, 2.75) is 0 Å². The van der Waals surface area contributed by atoms with Gasteiger partial charge in [-0.25, -0.2) is 9.97 Å². The second-order valence-electron chi connectivity index (χ2n) is 11.0. The van der Waals surface area contributed by atoms with Crippen LogP contribution >= 0.6 is 0 Å². The maximum Gasteiger partial charge on any atom is 0.236 e. The van der Waals surface area contributed by atoms with E-state index in [-0.39, 0.29) is 0 Å². The molecule has 4 heterocycles. The summed E-state index contributed by atoms with van der Waals surface area (Å²) < 4.78 is 15.3. The predicted molar refractivity (Wildman–Crippen MR) is 174 cm³/mol. The molecule has 6 aromatic carbocycles. The largest absolute Gasteiger partial charge is 0.455 e. The van der Waals surface area contributed by atoms with E-state index in [4.69, 9.17) is 18.8 Å². The molecule has 200 valence electrons. The number of fused-ring (bicyclic) bond motifs is 12. The fourth-order valence-corrected chi connectivity index (χ4v) is 6.70. The van der Waals surface area contributed by atoms with Crippen LogP contribution in [-0.2, 0) is 0 Å². The highest BCUT2D eigenvalue weighted by Crippen LogP contribution is 2.42. The Bertz CT molecular complexity index is 2730. The zero-order valence-corrected chi connectivity index (χ0v) is 22.8. The average Bonchev–Trinajstić information content (AvgIpc) is 3.74. The number of aromatic nitrogens is 3. The molecule has 0 saturated heterocycles. The van der Waals surface area contributed by atoms with Gasteiger partial charge in [-0.15, -0.1) is 0 Å². The molecule has 10 aromatic rings. The molecular formula is C38H21N3O2. The van der Waals surface area contributed by atoms with Gasteiger partial charge in [0.2, 0.25) is 5.95 Å². The Morgan fingerprint density at radius 2 is 1.21 bits per heavy atom. The van der Waals surface area contributed by atoms with Crippen LogP contribution in [0.3, 0.4) is 0 Å². The molecule has 4 aromatic heterocycles. The molecule has 5 nitrogen and oxygen atoms in total. The van der Waals surface area contributed by atoms with Crippen molar-refractivity contribution in [1.82, 2.24) is 14.5 Å². The van der Waals surface area contributed by atoms with E-state index in [1.165, 1.54) is 0 Å². The van der Waals surface area contributed by atoms with Gasteiger partial charge in [-0.05, 0) is 35.7 Å². The minimum atomic E-state index is 0.587. The van der Waals surface area contributed by atoms with E-state index in [1.54, 1.807) is 0 Å². The third kappa shape index (κ3) is 3.05. The molecule has 0 aliphatic heterocycles. The van der Waals surface area contributed by atoms with Gasteiger partial charge in [0.05, 0.1) is 16.4 Å². The number of benzene rings is 6. The second kappa shape index (κ2) is 8.30. The molecule has 0 amide bonds. The van der Waals surface area contributed by atoms with Gasteiger partial charge < -0.3 is 8.83 Å². The van der Waals surface area contributed by atoms with Crippen LogP contribution in [0.4, 0.5) is 0 Å². The maximum atomic E-state index is 6.64. The first-order valence-corrected chi connectivity index (χ1v) is 14.3. The van der Waals surface area contributed by atoms with Gasteiger partial charge in [0.25, 0.3) is 0 Å². The normalized spacial score (nSPS) is 12.2. The van der Waals surface area contributed by atoms with Crippen molar-refractivity contribution in [3.05, 3.63) is 127 Å². The summed E-state index contributed by atoms with van der Waals surface area (Å²) in [5.41, 5.74) is 7.79. The van der Waals surface area contributed by atoms with Crippen LogP contribution in [0, 0.1) is 0 Å². The Balaban J connectivity index is 1.37. The van der Waals surface area contributed by atoms with Crippen molar-refractivity contribution in [1.29, 1.82) is 0 Å². The lowest BCUT2D eigenvalue weighted by Gasteiger charge is -2.09. The maximum absolute atomic E-state index is 6.64. The summed E-state index contributed by atoms with van der Waals surface area (Å²) in [6, 6.07) is 43.7. The van der Waals surface area contributed by atoms with Crippen molar-refractivity contribution in [2.75, 3.05) is 0 Å². The highest BCUT2D eigenvalue weighted by atomic mass is 16.3. The van der Waals surface area contributed by atoms with E-state index < -0.39 is 0 Å². The van der Waals surface area contributed by atoms with Gasteiger partial charge in [-0.3, -0.25) is 4.57 Å². The Morgan fingerprint density at radius 3 is 2.12 bits per heavy atom. The monoisotopic (exact) mass is 551 g/mol. The minimum absolute atomic E-state index is 0.587. The Kier molecular flexibility index (Phi) is 4.39. The summed E-state index contributed by atoms with van der Waals surface area (Å²) in [6.45, 7) is 0. The summed E-state index contributed by atoms with van der Waals surface area (Å²) in [7, 11) is 0. The van der Waals surface area contributed by atoms with Crippen LogP contribution in [0.15, 0.2) is 136 Å². The molecule has 0 spiro atoms. The van der Waals surface area contributed by atoms with Gasteiger partial charge >= 0.3 is 0 Å². The first kappa shape index (κ1) is 22.7. The summed E-state index contributed by atoms with van der Waals surface area (Å²) in [4.78, 5) is 10.5. The van der Waals surface area contributed by atoms with Crippen LogP contribution < -0.4 is 0 Å². The molecule has 43 heavy (non-hydrogen) atoms. The fourth-order valence-electron chi connectivity index (χ4n) is 6.70. The Labute approximate surface area is 244 Å². The van der Waals surface area contributed by atoms with Crippen LogP contribution in [-0.4, -0.2) is 14.5 Å². The molecule has 0 N–H and O–H groups in total. The molecule has 5 heteroatoms. The van der Waals surface area contributed by atoms with Gasteiger partial charge in [-0.2, -0.15) is 0 Å². The van der Waals surface area contributed by atoms with Crippen LogP contribution in [0.25, 0.3) is 93.8 Å². The van der Waals surface area contributed by atoms with Gasteiger partial charge in [0.15, 0.2) is 5.58 Å². The number of hydrogen-bond donors (Lipinski definition) is 0. The lowest BCUT2D eigenvalue weighted by molar-refractivity contribution is 0.670. The molecule has 0 aliphatic rings. The minimum Gasteiger partial charge on any atom is -0.455 e. The zero-order chi connectivity index (χ0) is 28.1. The van der Waals surface area contributed by atoms with Crippen molar-refractivity contribution >= 4 is 76.6 Å². The highest BCUT2D eigenvalue weighted by Gasteiger charge is 2.23. The lowest BCUT2D eigenvalue weighted by atomic mass is 10.1. The SMILES string of the molecule is c1ccc(-c2nc(-n3c4ccccc4c4c5oc6ccccc6c5ccc43)nc3c2oc2c4ccccc4ccc32)cc1. The van der Waals surface area contributed by atoms with E-state index in [2.05, 4.69) is 89.5 Å². The predicted octanol–water partition coefficient (Wildman–Crippen LogP) is 10.2. The number of rotatable bonds is 2. The molecular weight excluding hydrogens is 530 g/mol. The molecule has 10 rings (SSSR count). The fraction of sp³-hybridized carbons (Fsp3) is 0.